The van der Waals surface area contributed by atoms with Gasteiger partial charge < -0.3 is 10.1 Å². The van der Waals surface area contributed by atoms with Crippen LogP contribution in [0.3, 0.4) is 0 Å². The number of benzene rings is 1. The van der Waals surface area contributed by atoms with E-state index >= 15 is 0 Å². The van der Waals surface area contributed by atoms with Gasteiger partial charge in [-0.25, -0.2) is 4.39 Å². The van der Waals surface area contributed by atoms with E-state index in [-0.39, 0.29) is 17.3 Å². The molecule has 4 heteroatoms. The van der Waals surface area contributed by atoms with Gasteiger partial charge in [-0.3, -0.25) is 4.79 Å². The molecule has 0 aliphatic heterocycles. The Morgan fingerprint density at radius 3 is 2.81 bits per heavy atom. The summed E-state index contributed by atoms with van der Waals surface area (Å²) in [7, 11) is 1.44. The molecule has 88 valence electrons. The summed E-state index contributed by atoms with van der Waals surface area (Å²) in [5.41, 5.74) is 0.884. The Bertz CT molecular complexity index is 366. The zero-order valence-corrected chi connectivity index (χ0v) is 9.55. The van der Waals surface area contributed by atoms with Crippen LogP contribution in [0.1, 0.15) is 12.5 Å². The van der Waals surface area contributed by atoms with Crippen LogP contribution in [-0.4, -0.2) is 26.0 Å². The molecule has 0 saturated carbocycles. The highest BCUT2D eigenvalue weighted by Crippen LogP contribution is 2.17. The van der Waals surface area contributed by atoms with Gasteiger partial charge >= 0.3 is 0 Å². The van der Waals surface area contributed by atoms with Gasteiger partial charge in [0.05, 0.1) is 13.7 Å². The highest BCUT2D eigenvalue weighted by Gasteiger charge is 2.03. The minimum absolute atomic E-state index is 0.0981. The average molecular weight is 225 g/mol. The molecule has 0 spiro atoms. The van der Waals surface area contributed by atoms with Crippen LogP contribution >= 0.6 is 0 Å². The van der Waals surface area contributed by atoms with Crippen LogP contribution in [0.5, 0.6) is 5.75 Å². The highest BCUT2D eigenvalue weighted by atomic mass is 19.1. The summed E-state index contributed by atoms with van der Waals surface area (Å²) < 4.78 is 18.1. The van der Waals surface area contributed by atoms with E-state index in [2.05, 4.69) is 5.32 Å². The predicted octanol–water partition coefficient (Wildman–Crippen LogP) is 1.56. The molecule has 1 aromatic rings. The molecule has 1 N–H and O–H groups in total. The lowest BCUT2D eigenvalue weighted by molar-refractivity contribution is -0.116. The molecule has 0 radical (unpaired) electrons. The molecule has 0 aliphatic carbocycles. The maximum Gasteiger partial charge on any atom is 0.165 e. The Kier molecular flexibility index (Phi) is 4.92. The van der Waals surface area contributed by atoms with Crippen molar-refractivity contribution >= 4 is 5.78 Å². The van der Waals surface area contributed by atoms with Crippen LogP contribution in [0.15, 0.2) is 18.2 Å². The van der Waals surface area contributed by atoms with Crippen molar-refractivity contribution in [2.45, 2.75) is 13.3 Å². The first kappa shape index (κ1) is 12.6. The summed E-state index contributed by atoms with van der Waals surface area (Å²) in [5, 5.41) is 2.98. The van der Waals surface area contributed by atoms with Crippen molar-refractivity contribution in [2.24, 2.45) is 0 Å². The SMILES string of the molecule is COc1ccc(CCNCC(C)=O)cc1F. The fourth-order valence-electron chi connectivity index (χ4n) is 1.36. The maximum atomic E-state index is 13.3. The maximum absolute atomic E-state index is 13.3. The van der Waals surface area contributed by atoms with Gasteiger partial charge in [-0.1, -0.05) is 6.07 Å². The van der Waals surface area contributed by atoms with E-state index in [4.69, 9.17) is 4.74 Å². The van der Waals surface area contributed by atoms with E-state index in [9.17, 15) is 9.18 Å². The molecule has 16 heavy (non-hydrogen) atoms. The van der Waals surface area contributed by atoms with Gasteiger partial charge in [-0.15, -0.1) is 0 Å². The number of nitrogens with one attached hydrogen (secondary N) is 1. The fourth-order valence-corrected chi connectivity index (χ4v) is 1.36. The minimum Gasteiger partial charge on any atom is -0.494 e. The van der Waals surface area contributed by atoms with Crippen LogP contribution < -0.4 is 10.1 Å². The van der Waals surface area contributed by atoms with Crippen molar-refractivity contribution in [2.75, 3.05) is 20.2 Å². The molecule has 0 aromatic heterocycles. The van der Waals surface area contributed by atoms with Gasteiger partial charge in [0.15, 0.2) is 11.6 Å². The lowest BCUT2D eigenvalue weighted by atomic mass is 10.1. The summed E-state index contributed by atoms with van der Waals surface area (Å²) in [6, 6.07) is 4.88. The van der Waals surface area contributed by atoms with Crippen LogP contribution in [0, 0.1) is 5.82 Å². The average Bonchev–Trinajstić information content (AvgIpc) is 2.24. The van der Waals surface area contributed by atoms with Crippen molar-refractivity contribution in [3.63, 3.8) is 0 Å². The molecular weight excluding hydrogens is 209 g/mol. The zero-order chi connectivity index (χ0) is 12.0. The van der Waals surface area contributed by atoms with Crippen LogP contribution in [0.25, 0.3) is 0 Å². The number of ether oxygens (including phenoxy) is 1. The second-order valence-corrected chi connectivity index (χ2v) is 3.60. The molecule has 1 aromatic carbocycles. The largest absolute Gasteiger partial charge is 0.494 e. The lowest BCUT2D eigenvalue weighted by Gasteiger charge is -2.05. The molecule has 0 amide bonds. The van der Waals surface area contributed by atoms with Gasteiger partial charge in [-0.05, 0) is 37.6 Å². The summed E-state index contributed by atoms with van der Waals surface area (Å²) in [6.07, 6.45) is 0.689. The van der Waals surface area contributed by atoms with Crippen LogP contribution in [-0.2, 0) is 11.2 Å². The third-order valence-electron chi connectivity index (χ3n) is 2.18. The number of hydrogen-bond donors (Lipinski definition) is 1. The van der Waals surface area contributed by atoms with E-state index in [0.717, 1.165) is 5.56 Å². The number of Topliss-reactive ketones (excluding diaryl/α,β-unsaturated/α-hetero) is 1. The Morgan fingerprint density at radius 2 is 2.25 bits per heavy atom. The summed E-state index contributed by atoms with van der Waals surface area (Å²) in [5.74, 6) is -0.00655. The number of halogens is 1. The van der Waals surface area contributed by atoms with Crippen molar-refractivity contribution in [1.82, 2.24) is 5.32 Å². The third kappa shape index (κ3) is 3.98. The Morgan fingerprint density at radius 1 is 1.50 bits per heavy atom. The van der Waals surface area contributed by atoms with Crippen molar-refractivity contribution in [1.29, 1.82) is 0 Å². The molecule has 0 aliphatic rings. The molecule has 1 rings (SSSR count). The number of ketones is 1. The summed E-state index contributed by atoms with van der Waals surface area (Å²) in [6.45, 7) is 2.55. The van der Waals surface area contributed by atoms with Gasteiger partial charge in [-0.2, -0.15) is 0 Å². The monoisotopic (exact) mass is 225 g/mol. The predicted molar refractivity (Wildman–Crippen MR) is 60.2 cm³/mol. The first-order valence-corrected chi connectivity index (χ1v) is 5.16. The molecule has 3 nitrogen and oxygen atoms in total. The summed E-state index contributed by atoms with van der Waals surface area (Å²) in [4.78, 5) is 10.7. The van der Waals surface area contributed by atoms with E-state index in [1.54, 1.807) is 6.07 Å². The Labute approximate surface area is 94.6 Å². The van der Waals surface area contributed by atoms with Crippen LogP contribution in [0.4, 0.5) is 4.39 Å². The Hall–Kier alpha value is -1.42. The smallest absolute Gasteiger partial charge is 0.165 e. The molecule has 0 atom stereocenters. The quantitative estimate of drug-likeness (QED) is 0.747. The molecule has 0 bridgehead atoms. The zero-order valence-electron chi connectivity index (χ0n) is 9.55. The first-order valence-electron chi connectivity index (χ1n) is 5.16. The molecule has 0 saturated heterocycles. The highest BCUT2D eigenvalue weighted by molar-refractivity contribution is 5.77. The second kappa shape index (κ2) is 6.23. The Balaban J connectivity index is 2.43. The number of carbonyl (C=O) groups is 1. The number of methoxy groups -OCH3 is 1. The number of carbonyl (C=O) groups excluding carboxylic acids is 1. The third-order valence-corrected chi connectivity index (χ3v) is 2.18. The molecular formula is C12H16FNO2. The standard InChI is InChI=1S/C12H16FNO2/c1-9(15)8-14-6-5-10-3-4-12(16-2)11(13)7-10/h3-4,7,14H,5-6,8H2,1-2H3. The van der Waals surface area contributed by atoms with Crippen molar-refractivity contribution < 1.29 is 13.9 Å². The van der Waals surface area contributed by atoms with E-state index in [1.165, 1.54) is 20.1 Å². The second-order valence-electron chi connectivity index (χ2n) is 3.60. The van der Waals surface area contributed by atoms with Crippen molar-refractivity contribution in [3.8, 4) is 5.75 Å². The minimum atomic E-state index is -0.355. The first-order chi connectivity index (χ1) is 7.63. The molecule has 0 fully saturated rings. The summed E-state index contributed by atoms with van der Waals surface area (Å²) >= 11 is 0. The molecule has 0 unspecified atom stereocenters. The lowest BCUT2D eigenvalue weighted by Crippen LogP contribution is -2.23. The van der Waals surface area contributed by atoms with Gasteiger partial charge in [0.1, 0.15) is 5.78 Å². The van der Waals surface area contributed by atoms with E-state index < -0.39 is 0 Å². The number of hydrogen-bond acceptors (Lipinski definition) is 3. The van der Waals surface area contributed by atoms with Crippen molar-refractivity contribution in [3.05, 3.63) is 29.6 Å². The van der Waals surface area contributed by atoms with E-state index in [0.29, 0.717) is 19.5 Å². The fraction of sp³-hybridized carbons (Fsp3) is 0.417. The van der Waals surface area contributed by atoms with Gasteiger partial charge in [0, 0.05) is 0 Å². The van der Waals surface area contributed by atoms with E-state index in [1.807, 2.05) is 6.07 Å². The topological polar surface area (TPSA) is 38.3 Å². The van der Waals surface area contributed by atoms with Crippen LogP contribution in [0.2, 0.25) is 0 Å². The number of rotatable bonds is 6. The molecule has 0 heterocycles. The van der Waals surface area contributed by atoms with Gasteiger partial charge in [0.25, 0.3) is 0 Å². The normalized spacial score (nSPS) is 10.2. The van der Waals surface area contributed by atoms with Gasteiger partial charge in [0.2, 0.25) is 0 Å².